The van der Waals surface area contributed by atoms with Crippen LogP contribution in [0, 0.1) is 6.92 Å². The molecule has 0 saturated heterocycles. The van der Waals surface area contributed by atoms with Crippen molar-refractivity contribution in [2.24, 2.45) is 0 Å². The van der Waals surface area contributed by atoms with Gasteiger partial charge in [-0.2, -0.15) is 11.8 Å². The molecule has 1 amide bonds. The molecule has 0 spiro atoms. The normalized spacial score (nSPS) is 11.6. The molecular weight excluding hydrogens is 334 g/mol. The maximum Gasteiger partial charge on any atom is 0.260 e. The zero-order chi connectivity index (χ0) is 18.1. The van der Waals surface area contributed by atoms with Crippen molar-refractivity contribution in [3.05, 3.63) is 59.7 Å². The first-order valence-electron chi connectivity index (χ1n) is 8.30. The van der Waals surface area contributed by atoms with Gasteiger partial charge in [0, 0.05) is 24.1 Å². The number of hydrogen-bond acceptors (Lipinski definition) is 4. The fraction of sp³-hybridized carbons (Fsp3) is 0.350. The molecule has 4 nitrogen and oxygen atoms in total. The average Bonchev–Trinajstić information content (AvgIpc) is 2.61. The minimum Gasteiger partial charge on any atom is -0.497 e. The van der Waals surface area contributed by atoms with Crippen LogP contribution in [0.1, 0.15) is 18.1 Å². The summed E-state index contributed by atoms with van der Waals surface area (Å²) in [6.45, 7) is 4.47. The van der Waals surface area contributed by atoms with Crippen molar-refractivity contribution in [3.8, 4) is 11.5 Å². The molecule has 25 heavy (non-hydrogen) atoms. The number of methoxy groups -OCH3 is 1. The van der Waals surface area contributed by atoms with Crippen molar-refractivity contribution >= 4 is 17.7 Å². The van der Waals surface area contributed by atoms with Gasteiger partial charge in [0.15, 0.2) is 6.10 Å². The summed E-state index contributed by atoms with van der Waals surface area (Å²) in [7, 11) is 1.60. The van der Waals surface area contributed by atoms with E-state index in [1.165, 1.54) is 11.1 Å². The Labute approximate surface area is 153 Å². The van der Waals surface area contributed by atoms with Gasteiger partial charge in [-0.25, -0.2) is 0 Å². The van der Waals surface area contributed by atoms with Crippen molar-refractivity contribution in [1.82, 2.24) is 5.32 Å². The Balaban J connectivity index is 1.67. The summed E-state index contributed by atoms with van der Waals surface area (Å²) in [6.07, 6.45) is -0.547. The molecule has 0 saturated carbocycles. The highest BCUT2D eigenvalue weighted by atomic mass is 32.2. The van der Waals surface area contributed by atoms with Crippen LogP contribution in [0.4, 0.5) is 0 Å². The van der Waals surface area contributed by atoms with Crippen LogP contribution in [0.2, 0.25) is 0 Å². The molecule has 0 aliphatic carbocycles. The number of rotatable bonds is 9. The molecule has 0 heterocycles. The van der Waals surface area contributed by atoms with E-state index in [0.717, 1.165) is 11.5 Å². The van der Waals surface area contributed by atoms with E-state index in [-0.39, 0.29) is 5.91 Å². The number of carbonyl (C=O) groups excluding carboxylic acids is 1. The first kappa shape index (κ1) is 19.2. The topological polar surface area (TPSA) is 47.6 Å². The van der Waals surface area contributed by atoms with Crippen molar-refractivity contribution < 1.29 is 14.3 Å². The van der Waals surface area contributed by atoms with Crippen LogP contribution in [0.15, 0.2) is 48.5 Å². The quantitative estimate of drug-likeness (QED) is 0.692. The van der Waals surface area contributed by atoms with Gasteiger partial charge < -0.3 is 14.8 Å². The lowest BCUT2D eigenvalue weighted by atomic mass is 10.2. The highest BCUT2D eigenvalue weighted by Crippen LogP contribution is 2.20. The first-order chi connectivity index (χ1) is 12.1. The van der Waals surface area contributed by atoms with Crippen LogP contribution >= 0.6 is 11.8 Å². The fourth-order valence-electron chi connectivity index (χ4n) is 2.31. The molecule has 1 atom stereocenters. The lowest BCUT2D eigenvalue weighted by Gasteiger charge is -2.15. The number of benzene rings is 2. The maximum atomic E-state index is 12.1. The Bertz CT molecular complexity index is 690. The van der Waals surface area contributed by atoms with Crippen molar-refractivity contribution in [1.29, 1.82) is 0 Å². The molecule has 2 aromatic carbocycles. The van der Waals surface area contributed by atoms with Crippen LogP contribution in [-0.4, -0.2) is 31.4 Å². The number of ether oxygens (including phenoxy) is 2. The van der Waals surface area contributed by atoms with Gasteiger partial charge in [0.05, 0.1) is 7.11 Å². The third-order valence-corrected chi connectivity index (χ3v) is 4.65. The minimum atomic E-state index is -0.547. The second-order valence-corrected chi connectivity index (χ2v) is 6.88. The lowest BCUT2D eigenvalue weighted by Crippen LogP contribution is -2.37. The zero-order valence-corrected chi connectivity index (χ0v) is 15.8. The van der Waals surface area contributed by atoms with E-state index in [9.17, 15) is 4.79 Å². The molecule has 0 radical (unpaired) electrons. The Morgan fingerprint density at radius 2 is 1.92 bits per heavy atom. The van der Waals surface area contributed by atoms with Gasteiger partial charge >= 0.3 is 0 Å². The van der Waals surface area contributed by atoms with E-state index < -0.39 is 6.10 Å². The number of hydrogen-bond donors (Lipinski definition) is 1. The molecule has 0 aliphatic rings. The van der Waals surface area contributed by atoms with Crippen molar-refractivity contribution in [2.75, 3.05) is 19.4 Å². The molecule has 1 N–H and O–H groups in total. The Hall–Kier alpha value is -2.14. The number of thioether (sulfide) groups is 1. The van der Waals surface area contributed by atoms with E-state index >= 15 is 0 Å². The molecule has 1 unspecified atom stereocenters. The third-order valence-electron chi connectivity index (χ3n) is 3.62. The van der Waals surface area contributed by atoms with E-state index in [1.807, 2.05) is 18.2 Å². The Morgan fingerprint density at radius 3 is 2.68 bits per heavy atom. The van der Waals surface area contributed by atoms with Crippen LogP contribution in [0.3, 0.4) is 0 Å². The summed E-state index contributed by atoms with van der Waals surface area (Å²) in [5, 5.41) is 2.91. The van der Waals surface area contributed by atoms with Gasteiger partial charge in [0.25, 0.3) is 5.91 Å². The van der Waals surface area contributed by atoms with Gasteiger partial charge in [-0.15, -0.1) is 0 Å². The second kappa shape index (κ2) is 9.99. The highest BCUT2D eigenvalue weighted by molar-refractivity contribution is 7.98. The van der Waals surface area contributed by atoms with E-state index in [0.29, 0.717) is 18.0 Å². The maximum absolute atomic E-state index is 12.1. The lowest BCUT2D eigenvalue weighted by molar-refractivity contribution is -0.127. The predicted molar refractivity (Wildman–Crippen MR) is 103 cm³/mol. The number of nitrogens with one attached hydrogen (secondary N) is 1. The number of carbonyl (C=O) groups is 1. The summed E-state index contributed by atoms with van der Waals surface area (Å²) >= 11 is 1.81. The average molecular weight is 359 g/mol. The zero-order valence-electron chi connectivity index (χ0n) is 15.0. The molecule has 0 aliphatic heterocycles. The largest absolute Gasteiger partial charge is 0.497 e. The van der Waals surface area contributed by atoms with Gasteiger partial charge in [0.1, 0.15) is 11.5 Å². The van der Waals surface area contributed by atoms with Gasteiger partial charge in [-0.05, 0) is 31.5 Å². The SMILES string of the molecule is COc1cccc(OC(C)C(=O)NCCSCc2cccc(C)c2)c1. The number of amides is 1. The van der Waals surface area contributed by atoms with Gasteiger partial charge in [-0.1, -0.05) is 35.9 Å². The minimum absolute atomic E-state index is 0.112. The van der Waals surface area contributed by atoms with Crippen molar-refractivity contribution in [3.63, 3.8) is 0 Å². The third kappa shape index (κ3) is 6.70. The predicted octanol–water partition coefficient (Wildman–Crippen LogP) is 3.82. The summed E-state index contributed by atoms with van der Waals surface area (Å²) in [5.41, 5.74) is 2.58. The molecule has 5 heteroatoms. The molecule has 0 fully saturated rings. The Kier molecular flexibility index (Phi) is 7.67. The summed E-state index contributed by atoms with van der Waals surface area (Å²) in [4.78, 5) is 12.1. The smallest absolute Gasteiger partial charge is 0.260 e. The van der Waals surface area contributed by atoms with Crippen LogP contribution in [0.25, 0.3) is 0 Å². The van der Waals surface area contributed by atoms with Crippen LogP contribution in [-0.2, 0) is 10.5 Å². The van der Waals surface area contributed by atoms with Crippen LogP contribution in [0.5, 0.6) is 11.5 Å². The monoisotopic (exact) mass is 359 g/mol. The summed E-state index contributed by atoms with van der Waals surface area (Å²) < 4.78 is 10.8. The van der Waals surface area contributed by atoms with E-state index in [2.05, 4.69) is 36.5 Å². The summed E-state index contributed by atoms with van der Waals surface area (Å²) in [5.74, 6) is 3.03. The fourth-order valence-corrected chi connectivity index (χ4v) is 3.12. The Morgan fingerprint density at radius 1 is 1.16 bits per heavy atom. The van der Waals surface area contributed by atoms with E-state index in [4.69, 9.17) is 9.47 Å². The van der Waals surface area contributed by atoms with E-state index in [1.54, 1.807) is 31.9 Å². The summed E-state index contributed by atoms with van der Waals surface area (Å²) in [6, 6.07) is 15.7. The second-order valence-electron chi connectivity index (χ2n) is 5.77. The van der Waals surface area contributed by atoms with Crippen LogP contribution < -0.4 is 14.8 Å². The molecule has 2 aromatic rings. The number of aryl methyl sites for hydroxylation is 1. The standard InChI is InChI=1S/C20H25NO3S/c1-15-6-4-7-17(12-15)14-25-11-10-21-20(22)16(2)24-19-9-5-8-18(13-19)23-3/h4-9,12-13,16H,10-11,14H2,1-3H3,(H,21,22). The van der Waals surface area contributed by atoms with Gasteiger partial charge in [0.2, 0.25) is 0 Å². The highest BCUT2D eigenvalue weighted by Gasteiger charge is 2.14. The molecule has 0 bridgehead atoms. The molecule has 2 rings (SSSR count). The van der Waals surface area contributed by atoms with Crippen molar-refractivity contribution in [2.45, 2.75) is 25.7 Å². The molecule has 134 valence electrons. The molecule has 0 aromatic heterocycles. The first-order valence-corrected chi connectivity index (χ1v) is 9.45. The van der Waals surface area contributed by atoms with Gasteiger partial charge in [-0.3, -0.25) is 4.79 Å². The molecular formula is C20H25NO3S.